The lowest BCUT2D eigenvalue weighted by molar-refractivity contribution is 0.104. The highest BCUT2D eigenvalue weighted by atomic mass is 16.1. The highest BCUT2D eigenvalue weighted by Crippen LogP contribution is 2.05. The first kappa shape index (κ1) is 10.2. The van der Waals surface area contributed by atoms with Crippen LogP contribution in [0.3, 0.4) is 0 Å². The number of benzene rings is 1. The quantitative estimate of drug-likeness (QED) is 0.481. The van der Waals surface area contributed by atoms with Crippen molar-refractivity contribution in [3.8, 4) is 0 Å². The van der Waals surface area contributed by atoms with E-state index in [9.17, 15) is 4.79 Å². The highest BCUT2D eigenvalue weighted by molar-refractivity contribution is 6.06. The lowest BCUT2D eigenvalue weighted by atomic mass is 10.1. The number of hydrogen-bond donors (Lipinski definition) is 1. The Morgan fingerprint density at radius 3 is 2.56 bits per heavy atom. The Hall–Kier alpha value is -2.29. The number of aromatic nitrogens is 1. The summed E-state index contributed by atoms with van der Waals surface area (Å²) in [6.45, 7) is 0. The first-order valence-electron chi connectivity index (χ1n) is 4.96. The number of allylic oxidation sites excluding steroid dienone is 1. The zero-order valence-electron chi connectivity index (χ0n) is 8.71. The molecule has 0 spiro atoms. The molecule has 0 unspecified atom stereocenters. The first-order valence-corrected chi connectivity index (χ1v) is 4.96. The third-order valence-electron chi connectivity index (χ3n) is 2.22. The van der Waals surface area contributed by atoms with Gasteiger partial charge in [-0.1, -0.05) is 30.3 Å². The van der Waals surface area contributed by atoms with Crippen LogP contribution in [0, 0.1) is 0 Å². The molecule has 2 N–H and O–H groups in total. The molecule has 16 heavy (non-hydrogen) atoms. The molecule has 0 aliphatic rings. The van der Waals surface area contributed by atoms with Crippen molar-refractivity contribution in [1.82, 2.24) is 4.68 Å². The van der Waals surface area contributed by atoms with Crippen molar-refractivity contribution in [2.45, 2.75) is 0 Å². The van der Waals surface area contributed by atoms with Gasteiger partial charge in [-0.2, -0.15) is 0 Å². The van der Waals surface area contributed by atoms with Crippen molar-refractivity contribution in [1.29, 1.82) is 0 Å². The van der Waals surface area contributed by atoms with Crippen LogP contribution in [0.15, 0.2) is 54.9 Å². The Morgan fingerprint density at radius 2 is 1.94 bits per heavy atom. The van der Waals surface area contributed by atoms with Crippen molar-refractivity contribution in [3.63, 3.8) is 0 Å². The van der Waals surface area contributed by atoms with Gasteiger partial charge in [0.1, 0.15) is 0 Å². The fourth-order valence-corrected chi connectivity index (χ4v) is 1.40. The Bertz CT molecular complexity index is 512. The summed E-state index contributed by atoms with van der Waals surface area (Å²) in [5.74, 6) is 5.49. The summed E-state index contributed by atoms with van der Waals surface area (Å²) in [5.41, 5.74) is 1.60. The van der Waals surface area contributed by atoms with Gasteiger partial charge in [0.25, 0.3) is 0 Å². The van der Waals surface area contributed by atoms with Crippen LogP contribution >= 0.6 is 0 Å². The van der Waals surface area contributed by atoms with Crippen LogP contribution in [-0.4, -0.2) is 10.5 Å². The number of rotatable bonds is 3. The molecule has 0 fully saturated rings. The van der Waals surface area contributed by atoms with Gasteiger partial charge in [0.05, 0.1) is 0 Å². The van der Waals surface area contributed by atoms with Crippen molar-refractivity contribution in [2.24, 2.45) is 0 Å². The van der Waals surface area contributed by atoms with Crippen LogP contribution in [0.2, 0.25) is 0 Å². The van der Waals surface area contributed by atoms with Gasteiger partial charge in [0.2, 0.25) is 0 Å². The lowest BCUT2D eigenvalue weighted by Crippen LogP contribution is -2.02. The summed E-state index contributed by atoms with van der Waals surface area (Å²) in [6, 6.07) is 11.0. The van der Waals surface area contributed by atoms with E-state index in [-0.39, 0.29) is 5.78 Å². The normalized spacial score (nSPS) is 10.8. The molecular formula is C13H12N2O. The summed E-state index contributed by atoms with van der Waals surface area (Å²) in [6.07, 6.45) is 6.77. The molecule has 0 aliphatic heterocycles. The van der Waals surface area contributed by atoms with E-state index in [0.717, 1.165) is 5.56 Å². The molecule has 0 amide bonds. The molecule has 1 aromatic heterocycles. The number of carbonyl (C=O) groups excluding carboxylic acids is 1. The van der Waals surface area contributed by atoms with Crippen LogP contribution in [-0.2, 0) is 0 Å². The Balaban J connectivity index is 2.11. The van der Waals surface area contributed by atoms with E-state index < -0.39 is 0 Å². The highest BCUT2D eigenvalue weighted by Gasteiger charge is 1.99. The summed E-state index contributed by atoms with van der Waals surface area (Å²) in [4.78, 5) is 11.7. The van der Waals surface area contributed by atoms with Gasteiger partial charge in [-0.15, -0.1) is 0 Å². The van der Waals surface area contributed by atoms with E-state index in [1.54, 1.807) is 36.7 Å². The maximum absolute atomic E-state index is 11.7. The molecular weight excluding hydrogens is 200 g/mol. The molecule has 0 radical (unpaired) electrons. The molecule has 2 rings (SSSR count). The topological polar surface area (TPSA) is 48.0 Å². The fraction of sp³-hybridized carbons (Fsp3) is 0. The molecule has 0 saturated heterocycles. The number of carbonyl (C=O) groups is 1. The number of hydrogen-bond acceptors (Lipinski definition) is 2. The van der Waals surface area contributed by atoms with Gasteiger partial charge >= 0.3 is 0 Å². The monoisotopic (exact) mass is 212 g/mol. The molecule has 0 bridgehead atoms. The van der Waals surface area contributed by atoms with Crippen LogP contribution < -0.4 is 5.84 Å². The van der Waals surface area contributed by atoms with Crippen molar-refractivity contribution >= 4 is 11.9 Å². The molecule has 1 heterocycles. The molecule has 1 aromatic carbocycles. The largest absolute Gasteiger partial charge is 0.340 e. The Kier molecular flexibility index (Phi) is 2.87. The smallest absolute Gasteiger partial charge is 0.185 e. The van der Waals surface area contributed by atoms with E-state index in [2.05, 4.69) is 0 Å². The van der Waals surface area contributed by atoms with Crippen molar-refractivity contribution in [3.05, 3.63) is 66.0 Å². The zero-order valence-corrected chi connectivity index (χ0v) is 8.71. The predicted octanol–water partition coefficient (Wildman–Crippen LogP) is 2.10. The average Bonchev–Trinajstić information content (AvgIpc) is 2.73. The fourth-order valence-electron chi connectivity index (χ4n) is 1.40. The number of nitrogens with two attached hydrogens (primary N) is 1. The third kappa shape index (κ3) is 2.39. The second kappa shape index (κ2) is 4.49. The van der Waals surface area contributed by atoms with Crippen molar-refractivity contribution < 1.29 is 4.79 Å². The van der Waals surface area contributed by atoms with Crippen LogP contribution in [0.1, 0.15) is 15.9 Å². The predicted molar refractivity (Wildman–Crippen MR) is 64.4 cm³/mol. The van der Waals surface area contributed by atoms with E-state index in [4.69, 9.17) is 5.84 Å². The summed E-state index contributed by atoms with van der Waals surface area (Å²) < 4.78 is 1.45. The van der Waals surface area contributed by atoms with E-state index in [1.165, 1.54) is 4.68 Å². The third-order valence-corrected chi connectivity index (χ3v) is 2.22. The Labute approximate surface area is 93.8 Å². The van der Waals surface area contributed by atoms with Gasteiger partial charge in [-0.05, 0) is 23.8 Å². The molecule has 3 nitrogen and oxygen atoms in total. The molecule has 0 aliphatic carbocycles. The van der Waals surface area contributed by atoms with E-state index in [1.807, 2.05) is 24.3 Å². The second-order valence-corrected chi connectivity index (χ2v) is 3.46. The molecule has 0 atom stereocenters. The van der Waals surface area contributed by atoms with Gasteiger partial charge < -0.3 is 5.84 Å². The number of nitrogen functional groups attached to an aromatic ring is 1. The molecule has 3 heteroatoms. The van der Waals surface area contributed by atoms with Gasteiger partial charge in [-0.3, -0.25) is 9.47 Å². The summed E-state index contributed by atoms with van der Waals surface area (Å²) in [7, 11) is 0. The van der Waals surface area contributed by atoms with Gasteiger partial charge in [-0.25, -0.2) is 0 Å². The first-order chi connectivity index (χ1) is 7.75. The number of nitrogens with zero attached hydrogens (tertiary/aromatic N) is 1. The van der Waals surface area contributed by atoms with E-state index in [0.29, 0.717) is 5.56 Å². The minimum atomic E-state index is -0.00892. The second-order valence-electron chi connectivity index (χ2n) is 3.46. The Morgan fingerprint density at radius 1 is 1.19 bits per heavy atom. The molecule has 2 aromatic rings. The summed E-state index contributed by atoms with van der Waals surface area (Å²) >= 11 is 0. The van der Waals surface area contributed by atoms with E-state index >= 15 is 0 Å². The summed E-state index contributed by atoms with van der Waals surface area (Å²) in [5, 5.41) is 0. The minimum absolute atomic E-state index is 0.00892. The molecule has 0 saturated carbocycles. The lowest BCUT2D eigenvalue weighted by Gasteiger charge is -1.93. The molecule has 80 valence electrons. The standard InChI is InChI=1S/C13H12N2O/c14-15-9-8-11(10-15)6-7-13(16)12-4-2-1-3-5-12/h1-10H,14H2/b7-6+. The number of ketones is 1. The zero-order chi connectivity index (χ0) is 11.4. The minimum Gasteiger partial charge on any atom is -0.340 e. The van der Waals surface area contributed by atoms with Gasteiger partial charge in [0.15, 0.2) is 5.78 Å². The average molecular weight is 212 g/mol. The van der Waals surface area contributed by atoms with Crippen LogP contribution in [0.5, 0.6) is 0 Å². The van der Waals surface area contributed by atoms with Crippen LogP contribution in [0.25, 0.3) is 6.08 Å². The van der Waals surface area contributed by atoms with Gasteiger partial charge in [0, 0.05) is 18.0 Å². The maximum Gasteiger partial charge on any atom is 0.185 e. The van der Waals surface area contributed by atoms with Crippen molar-refractivity contribution in [2.75, 3.05) is 5.84 Å². The van der Waals surface area contributed by atoms with Crippen LogP contribution in [0.4, 0.5) is 0 Å². The SMILES string of the molecule is Nn1ccc(/C=C/C(=O)c2ccccc2)c1. The maximum atomic E-state index is 11.7.